The van der Waals surface area contributed by atoms with E-state index < -0.39 is 4.92 Å². The Morgan fingerprint density at radius 3 is 2.40 bits per heavy atom. The lowest BCUT2D eigenvalue weighted by Crippen LogP contribution is -1.91. The van der Waals surface area contributed by atoms with Gasteiger partial charge in [-0.05, 0) is 0 Å². The van der Waals surface area contributed by atoms with Crippen molar-refractivity contribution in [3.8, 4) is 10.9 Å². The van der Waals surface area contributed by atoms with Gasteiger partial charge in [0.2, 0.25) is 0 Å². The quantitative estimate of drug-likeness (QED) is 0.653. The van der Waals surface area contributed by atoms with E-state index in [1.165, 1.54) is 0 Å². The van der Waals surface area contributed by atoms with Crippen molar-refractivity contribution in [2.24, 2.45) is 0 Å². The smallest absolute Gasteiger partial charge is 0.280 e. The lowest BCUT2D eigenvalue weighted by Gasteiger charge is -2.06. The van der Waals surface area contributed by atoms with Gasteiger partial charge in [-0.1, -0.05) is 46.1 Å². The summed E-state index contributed by atoms with van der Waals surface area (Å²) < 4.78 is 5.36. The standard InChI is InChI=1S/C10H5Cl3N2O4S/c11-5-1-4(15(17)18)2-6(12)8(5)19-10-14-9(13)7(3-16)20-10/h1-2,16H,3H2. The van der Waals surface area contributed by atoms with Crippen LogP contribution in [0.3, 0.4) is 0 Å². The summed E-state index contributed by atoms with van der Waals surface area (Å²) in [7, 11) is 0. The molecular weight excluding hydrogens is 351 g/mol. The summed E-state index contributed by atoms with van der Waals surface area (Å²) in [4.78, 5) is 14.3. The van der Waals surface area contributed by atoms with Gasteiger partial charge in [-0.15, -0.1) is 0 Å². The molecule has 1 heterocycles. The van der Waals surface area contributed by atoms with Gasteiger partial charge in [-0.3, -0.25) is 10.1 Å². The van der Waals surface area contributed by atoms with Gasteiger partial charge >= 0.3 is 0 Å². The highest BCUT2D eigenvalue weighted by molar-refractivity contribution is 7.14. The minimum atomic E-state index is -0.619. The highest BCUT2D eigenvalue weighted by Gasteiger charge is 2.18. The topological polar surface area (TPSA) is 85.5 Å². The van der Waals surface area contributed by atoms with Crippen molar-refractivity contribution in [1.29, 1.82) is 0 Å². The number of aliphatic hydroxyl groups excluding tert-OH is 1. The molecule has 0 unspecified atom stereocenters. The summed E-state index contributed by atoms with van der Waals surface area (Å²) in [6.07, 6.45) is 0. The third kappa shape index (κ3) is 3.13. The summed E-state index contributed by atoms with van der Waals surface area (Å²) in [5.74, 6) is 0.0360. The molecule has 1 aromatic heterocycles. The molecule has 0 radical (unpaired) electrons. The number of halogens is 3. The number of aliphatic hydroxyl groups is 1. The van der Waals surface area contributed by atoms with Crippen molar-refractivity contribution >= 4 is 51.8 Å². The molecule has 1 aromatic carbocycles. The van der Waals surface area contributed by atoms with E-state index >= 15 is 0 Å². The molecule has 106 valence electrons. The van der Waals surface area contributed by atoms with E-state index in [-0.39, 0.29) is 38.4 Å². The van der Waals surface area contributed by atoms with E-state index in [4.69, 9.17) is 44.6 Å². The van der Waals surface area contributed by atoms with E-state index in [1.807, 2.05) is 0 Å². The van der Waals surface area contributed by atoms with Crippen LogP contribution < -0.4 is 4.74 Å². The molecule has 1 N–H and O–H groups in total. The summed E-state index contributed by atoms with van der Waals surface area (Å²) in [6.45, 7) is -0.276. The molecular formula is C10H5Cl3N2O4S. The van der Waals surface area contributed by atoms with Crippen molar-refractivity contribution in [2.75, 3.05) is 0 Å². The fourth-order valence-electron chi connectivity index (χ4n) is 1.29. The van der Waals surface area contributed by atoms with Crippen LogP contribution >= 0.6 is 46.1 Å². The minimum Gasteiger partial charge on any atom is -0.428 e. The van der Waals surface area contributed by atoms with Crippen LogP contribution in [0.2, 0.25) is 15.2 Å². The number of nitro groups is 1. The first kappa shape index (κ1) is 15.3. The lowest BCUT2D eigenvalue weighted by molar-refractivity contribution is -0.384. The highest BCUT2D eigenvalue weighted by Crippen LogP contribution is 2.41. The third-order valence-electron chi connectivity index (χ3n) is 2.16. The largest absolute Gasteiger partial charge is 0.428 e. The van der Waals surface area contributed by atoms with E-state index in [1.54, 1.807) is 0 Å². The van der Waals surface area contributed by atoms with Crippen molar-refractivity contribution < 1.29 is 14.8 Å². The van der Waals surface area contributed by atoms with Crippen molar-refractivity contribution in [2.45, 2.75) is 6.61 Å². The van der Waals surface area contributed by atoms with Crippen LogP contribution in [0.1, 0.15) is 4.88 Å². The average molecular weight is 356 g/mol. The Balaban J connectivity index is 2.35. The van der Waals surface area contributed by atoms with Crippen LogP contribution in [-0.4, -0.2) is 15.0 Å². The number of thiazole rings is 1. The van der Waals surface area contributed by atoms with Crippen molar-refractivity contribution in [1.82, 2.24) is 4.98 Å². The molecule has 2 aromatic rings. The Labute approximate surface area is 131 Å². The SMILES string of the molecule is O=[N+]([O-])c1cc(Cl)c(Oc2nc(Cl)c(CO)s2)c(Cl)c1. The molecule has 0 saturated carbocycles. The molecule has 0 saturated heterocycles. The summed E-state index contributed by atoms with van der Waals surface area (Å²) >= 11 is 18.6. The molecule has 0 fully saturated rings. The second-order valence-electron chi connectivity index (χ2n) is 3.45. The van der Waals surface area contributed by atoms with Gasteiger partial charge in [-0.2, -0.15) is 4.98 Å². The van der Waals surface area contributed by atoms with Crippen LogP contribution in [0.5, 0.6) is 10.9 Å². The summed E-state index contributed by atoms with van der Waals surface area (Å²) in [5.41, 5.74) is -0.249. The molecule has 6 nitrogen and oxygen atoms in total. The number of nitro benzene ring substituents is 1. The second kappa shape index (κ2) is 6.11. The van der Waals surface area contributed by atoms with E-state index in [9.17, 15) is 10.1 Å². The molecule has 0 aliphatic carbocycles. The molecule has 0 bridgehead atoms. The van der Waals surface area contributed by atoms with Gasteiger partial charge in [0.25, 0.3) is 10.9 Å². The van der Waals surface area contributed by atoms with E-state index in [2.05, 4.69) is 4.98 Å². The number of ether oxygens (including phenoxy) is 1. The predicted octanol–water partition coefficient (Wildman–Crippen LogP) is 4.30. The number of non-ortho nitro benzene ring substituents is 1. The first-order valence-corrected chi connectivity index (χ1v) is 6.94. The molecule has 10 heteroatoms. The molecule has 0 spiro atoms. The van der Waals surface area contributed by atoms with Gasteiger partial charge in [0.1, 0.15) is 5.15 Å². The average Bonchev–Trinajstić information content (AvgIpc) is 2.73. The number of aromatic nitrogens is 1. The second-order valence-corrected chi connectivity index (χ2v) is 5.67. The minimum absolute atomic E-state index is 0.0268. The van der Waals surface area contributed by atoms with E-state index in [0.29, 0.717) is 4.88 Å². The van der Waals surface area contributed by atoms with Crippen LogP contribution in [0.25, 0.3) is 0 Å². The first-order chi connectivity index (χ1) is 9.42. The van der Waals surface area contributed by atoms with Gasteiger partial charge < -0.3 is 9.84 Å². The Hall–Kier alpha value is -1.12. The first-order valence-electron chi connectivity index (χ1n) is 4.99. The van der Waals surface area contributed by atoms with Crippen molar-refractivity contribution in [3.63, 3.8) is 0 Å². The van der Waals surface area contributed by atoms with Gasteiger partial charge in [0.05, 0.1) is 26.5 Å². The summed E-state index contributed by atoms with van der Waals surface area (Å²) in [5, 5.41) is 19.8. The molecule has 0 amide bonds. The highest BCUT2D eigenvalue weighted by atomic mass is 35.5. The number of hydrogen-bond acceptors (Lipinski definition) is 6. The fraction of sp³-hybridized carbons (Fsp3) is 0.100. The third-order valence-corrected chi connectivity index (χ3v) is 4.06. The molecule has 0 atom stereocenters. The van der Waals surface area contributed by atoms with Crippen molar-refractivity contribution in [3.05, 3.63) is 42.3 Å². The zero-order chi connectivity index (χ0) is 14.9. The van der Waals surface area contributed by atoms with Gasteiger partial charge in [-0.25, -0.2) is 0 Å². The number of hydrogen-bond donors (Lipinski definition) is 1. The zero-order valence-electron chi connectivity index (χ0n) is 9.47. The number of nitrogens with zero attached hydrogens (tertiary/aromatic N) is 2. The summed E-state index contributed by atoms with van der Waals surface area (Å²) in [6, 6.07) is 2.23. The van der Waals surface area contributed by atoms with Crippen LogP contribution in [0.4, 0.5) is 5.69 Å². The maximum absolute atomic E-state index is 10.7. The molecule has 2 rings (SSSR count). The Morgan fingerprint density at radius 1 is 1.35 bits per heavy atom. The number of benzene rings is 1. The Kier molecular flexibility index (Phi) is 4.66. The maximum Gasteiger partial charge on any atom is 0.280 e. The van der Waals surface area contributed by atoms with Crippen LogP contribution in [0, 0.1) is 10.1 Å². The fourth-order valence-corrected chi connectivity index (χ4v) is 2.81. The maximum atomic E-state index is 10.7. The van der Waals surface area contributed by atoms with Gasteiger partial charge in [0, 0.05) is 12.1 Å². The van der Waals surface area contributed by atoms with Gasteiger partial charge in [0.15, 0.2) is 5.75 Å². The van der Waals surface area contributed by atoms with Crippen LogP contribution in [-0.2, 0) is 6.61 Å². The normalized spacial score (nSPS) is 10.6. The monoisotopic (exact) mass is 354 g/mol. The lowest BCUT2D eigenvalue weighted by atomic mass is 10.3. The molecule has 0 aliphatic rings. The predicted molar refractivity (Wildman–Crippen MR) is 76.2 cm³/mol. The Bertz CT molecular complexity index is 654. The van der Waals surface area contributed by atoms with E-state index in [0.717, 1.165) is 23.5 Å². The molecule has 0 aliphatic heterocycles. The Morgan fingerprint density at radius 2 is 1.95 bits per heavy atom. The molecule has 20 heavy (non-hydrogen) atoms. The van der Waals surface area contributed by atoms with Crippen LogP contribution in [0.15, 0.2) is 12.1 Å². The number of rotatable bonds is 4. The zero-order valence-corrected chi connectivity index (χ0v) is 12.6.